The number of rotatable bonds is 4. The highest BCUT2D eigenvalue weighted by molar-refractivity contribution is 5.38. The molecule has 1 fully saturated rings. The first-order valence-corrected chi connectivity index (χ1v) is 5.89. The average Bonchev–Trinajstić information content (AvgIpc) is 2.83. The smallest absolute Gasteiger partial charge is 0.123 e. The summed E-state index contributed by atoms with van der Waals surface area (Å²) < 4.78 is 5.26. The van der Waals surface area contributed by atoms with Crippen LogP contribution in [-0.4, -0.2) is 12.3 Å². The second-order valence-electron chi connectivity index (χ2n) is 4.39. The molecule has 0 aromatic heterocycles. The molecule has 1 aromatic rings. The lowest BCUT2D eigenvalue weighted by atomic mass is 9.95. The molecule has 1 aromatic carbocycles. The molecule has 88 valence electrons. The Morgan fingerprint density at radius 3 is 2.75 bits per heavy atom. The van der Waals surface area contributed by atoms with Gasteiger partial charge in [0.25, 0.3) is 0 Å². The standard InChI is InChI=1S/C13H19NO2/c1-16-13-7-6-11(8-12(13)9-14-15)10-4-2-3-5-10/h6-8,10,14-15H,2-5,9H2,1H3. The number of hydrogen-bond acceptors (Lipinski definition) is 3. The van der Waals surface area contributed by atoms with E-state index < -0.39 is 0 Å². The van der Waals surface area contributed by atoms with Crippen LogP contribution in [0.2, 0.25) is 0 Å². The third kappa shape index (κ3) is 2.36. The highest BCUT2D eigenvalue weighted by Crippen LogP contribution is 2.35. The zero-order valence-electron chi connectivity index (χ0n) is 9.70. The molecule has 0 amide bonds. The SMILES string of the molecule is COc1ccc(C2CCCC2)cc1CNO. The predicted molar refractivity (Wildman–Crippen MR) is 62.8 cm³/mol. The molecule has 1 saturated carbocycles. The van der Waals surface area contributed by atoms with Crippen molar-refractivity contribution in [2.75, 3.05) is 7.11 Å². The summed E-state index contributed by atoms with van der Waals surface area (Å²) in [4.78, 5) is 0. The highest BCUT2D eigenvalue weighted by Gasteiger charge is 2.18. The Hall–Kier alpha value is -1.06. The molecule has 2 N–H and O–H groups in total. The largest absolute Gasteiger partial charge is 0.496 e. The molecular weight excluding hydrogens is 202 g/mol. The molecule has 0 radical (unpaired) electrons. The molecule has 0 bridgehead atoms. The third-order valence-electron chi connectivity index (χ3n) is 3.40. The van der Waals surface area contributed by atoms with E-state index in [-0.39, 0.29) is 0 Å². The van der Waals surface area contributed by atoms with Crippen LogP contribution in [-0.2, 0) is 6.54 Å². The van der Waals surface area contributed by atoms with E-state index in [0.29, 0.717) is 12.5 Å². The Morgan fingerprint density at radius 1 is 1.38 bits per heavy atom. The van der Waals surface area contributed by atoms with Gasteiger partial charge in [-0.2, -0.15) is 0 Å². The van der Waals surface area contributed by atoms with Gasteiger partial charge in [0.15, 0.2) is 0 Å². The minimum atomic E-state index is 0.434. The first-order chi connectivity index (χ1) is 7.85. The summed E-state index contributed by atoms with van der Waals surface area (Å²) in [5, 5.41) is 8.79. The molecule has 3 heteroatoms. The van der Waals surface area contributed by atoms with Gasteiger partial charge in [-0.15, -0.1) is 0 Å². The van der Waals surface area contributed by atoms with Crippen molar-refractivity contribution in [1.29, 1.82) is 0 Å². The molecule has 3 nitrogen and oxygen atoms in total. The van der Waals surface area contributed by atoms with Gasteiger partial charge in [-0.05, 0) is 30.4 Å². The Bertz CT molecular complexity index is 346. The fourth-order valence-electron chi connectivity index (χ4n) is 2.53. The van der Waals surface area contributed by atoms with E-state index in [1.54, 1.807) is 7.11 Å². The lowest BCUT2D eigenvalue weighted by Gasteiger charge is -2.14. The molecule has 0 unspecified atom stereocenters. The molecule has 1 aliphatic rings. The summed E-state index contributed by atoms with van der Waals surface area (Å²) in [6.45, 7) is 0.434. The normalized spacial score (nSPS) is 16.6. The number of hydroxylamine groups is 1. The van der Waals surface area contributed by atoms with Crippen molar-refractivity contribution in [1.82, 2.24) is 5.48 Å². The van der Waals surface area contributed by atoms with E-state index in [4.69, 9.17) is 9.94 Å². The minimum absolute atomic E-state index is 0.434. The quantitative estimate of drug-likeness (QED) is 0.768. The van der Waals surface area contributed by atoms with Gasteiger partial charge in [-0.3, -0.25) is 0 Å². The van der Waals surface area contributed by atoms with Crippen molar-refractivity contribution in [3.8, 4) is 5.75 Å². The van der Waals surface area contributed by atoms with Crippen LogP contribution >= 0.6 is 0 Å². The van der Waals surface area contributed by atoms with E-state index in [1.807, 2.05) is 6.07 Å². The first kappa shape index (κ1) is 11.4. The molecule has 0 spiro atoms. The molecule has 16 heavy (non-hydrogen) atoms. The Kier molecular flexibility index (Phi) is 3.80. The summed E-state index contributed by atoms with van der Waals surface area (Å²) in [5.74, 6) is 1.53. The number of nitrogens with one attached hydrogen (secondary N) is 1. The summed E-state index contributed by atoms with van der Waals surface area (Å²) in [6, 6.07) is 6.30. The van der Waals surface area contributed by atoms with Gasteiger partial charge in [0, 0.05) is 12.1 Å². The van der Waals surface area contributed by atoms with Crippen LogP contribution in [0.15, 0.2) is 18.2 Å². The van der Waals surface area contributed by atoms with Crippen LogP contribution < -0.4 is 10.2 Å². The van der Waals surface area contributed by atoms with Crippen LogP contribution in [0.3, 0.4) is 0 Å². The second-order valence-corrected chi connectivity index (χ2v) is 4.39. The molecule has 1 aliphatic carbocycles. The van der Waals surface area contributed by atoms with Crippen molar-refractivity contribution >= 4 is 0 Å². The van der Waals surface area contributed by atoms with Crippen molar-refractivity contribution in [2.45, 2.75) is 38.1 Å². The van der Waals surface area contributed by atoms with Crippen molar-refractivity contribution in [3.63, 3.8) is 0 Å². The maximum absolute atomic E-state index is 8.79. The number of methoxy groups -OCH3 is 1. The van der Waals surface area contributed by atoms with E-state index in [9.17, 15) is 0 Å². The second kappa shape index (κ2) is 5.32. The van der Waals surface area contributed by atoms with E-state index in [0.717, 1.165) is 11.3 Å². The molecular formula is C13H19NO2. The predicted octanol–water partition coefficient (Wildman–Crippen LogP) is 2.83. The number of ether oxygens (including phenoxy) is 1. The van der Waals surface area contributed by atoms with Gasteiger partial charge in [-0.1, -0.05) is 25.0 Å². The summed E-state index contributed by atoms with van der Waals surface area (Å²) >= 11 is 0. The molecule has 0 saturated heterocycles. The van der Waals surface area contributed by atoms with Crippen LogP contribution in [0.5, 0.6) is 5.75 Å². The molecule has 0 aliphatic heterocycles. The minimum Gasteiger partial charge on any atom is -0.496 e. The molecule has 2 rings (SSSR count). The van der Waals surface area contributed by atoms with Crippen molar-refractivity contribution < 1.29 is 9.94 Å². The maximum atomic E-state index is 8.79. The fraction of sp³-hybridized carbons (Fsp3) is 0.538. The lowest BCUT2D eigenvalue weighted by molar-refractivity contribution is 0.160. The third-order valence-corrected chi connectivity index (χ3v) is 3.40. The van der Waals surface area contributed by atoms with Gasteiger partial charge in [-0.25, -0.2) is 5.48 Å². The first-order valence-electron chi connectivity index (χ1n) is 5.89. The highest BCUT2D eigenvalue weighted by atomic mass is 16.5. The van der Waals surface area contributed by atoms with Gasteiger partial charge < -0.3 is 9.94 Å². The van der Waals surface area contributed by atoms with Crippen LogP contribution in [0.25, 0.3) is 0 Å². The van der Waals surface area contributed by atoms with Crippen LogP contribution in [0.1, 0.15) is 42.7 Å². The van der Waals surface area contributed by atoms with Gasteiger partial charge in [0.05, 0.1) is 7.11 Å². The Balaban J connectivity index is 2.23. The topological polar surface area (TPSA) is 41.5 Å². The number of benzene rings is 1. The van der Waals surface area contributed by atoms with Gasteiger partial charge >= 0.3 is 0 Å². The molecule has 0 atom stereocenters. The Labute approximate surface area is 96.4 Å². The molecule has 0 heterocycles. The zero-order chi connectivity index (χ0) is 11.4. The van der Waals surface area contributed by atoms with E-state index >= 15 is 0 Å². The Morgan fingerprint density at radius 2 is 2.12 bits per heavy atom. The lowest BCUT2D eigenvalue weighted by Crippen LogP contribution is -2.08. The van der Waals surface area contributed by atoms with Crippen LogP contribution in [0.4, 0.5) is 0 Å². The fourth-order valence-corrected chi connectivity index (χ4v) is 2.53. The monoisotopic (exact) mass is 221 g/mol. The average molecular weight is 221 g/mol. The summed E-state index contributed by atoms with van der Waals surface area (Å²) in [7, 11) is 1.66. The maximum Gasteiger partial charge on any atom is 0.123 e. The zero-order valence-corrected chi connectivity index (χ0v) is 9.70. The van der Waals surface area contributed by atoms with Gasteiger partial charge in [0.2, 0.25) is 0 Å². The van der Waals surface area contributed by atoms with E-state index in [2.05, 4.69) is 17.6 Å². The number of hydrogen-bond donors (Lipinski definition) is 2. The summed E-state index contributed by atoms with van der Waals surface area (Å²) in [5.41, 5.74) is 4.60. The van der Waals surface area contributed by atoms with Crippen LogP contribution in [0, 0.1) is 0 Å². The summed E-state index contributed by atoms with van der Waals surface area (Å²) in [6.07, 6.45) is 5.26. The van der Waals surface area contributed by atoms with Crippen molar-refractivity contribution in [3.05, 3.63) is 29.3 Å². The van der Waals surface area contributed by atoms with E-state index in [1.165, 1.54) is 31.2 Å². The van der Waals surface area contributed by atoms with Gasteiger partial charge in [0.1, 0.15) is 5.75 Å². The van der Waals surface area contributed by atoms with Crippen molar-refractivity contribution in [2.24, 2.45) is 0 Å².